The van der Waals surface area contributed by atoms with Crippen LogP contribution in [0.15, 0.2) is 22.6 Å². The molecule has 1 aromatic heterocycles. The van der Waals surface area contributed by atoms with Gasteiger partial charge in [0.25, 0.3) is 0 Å². The third kappa shape index (κ3) is 3.61. The molecule has 2 rings (SSSR count). The van der Waals surface area contributed by atoms with Crippen LogP contribution in [0.3, 0.4) is 0 Å². The molecule has 110 valence electrons. The van der Waals surface area contributed by atoms with E-state index < -0.39 is 12.7 Å². The largest absolute Gasteiger partial charge is 0.439 e. The quantitative estimate of drug-likeness (QED) is 0.820. The van der Waals surface area contributed by atoms with Gasteiger partial charge in [0, 0.05) is 6.54 Å². The second-order valence-corrected chi connectivity index (χ2v) is 4.35. The molecule has 20 heavy (non-hydrogen) atoms. The zero-order valence-electron chi connectivity index (χ0n) is 10.5. The van der Waals surface area contributed by atoms with E-state index in [-0.39, 0.29) is 25.6 Å². The number of oxazole rings is 1. The first-order valence-corrected chi connectivity index (χ1v) is 5.93. The first kappa shape index (κ1) is 14.6. The van der Waals surface area contributed by atoms with Crippen LogP contribution in [0.4, 0.5) is 18.9 Å². The fourth-order valence-electron chi connectivity index (χ4n) is 1.88. The van der Waals surface area contributed by atoms with Crippen LogP contribution >= 0.6 is 0 Å². The number of halogens is 3. The van der Waals surface area contributed by atoms with Gasteiger partial charge in [-0.05, 0) is 12.1 Å². The van der Waals surface area contributed by atoms with Crippen LogP contribution in [0.25, 0.3) is 11.1 Å². The van der Waals surface area contributed by atoms with Gasteiger partial charge in [-0.25, -0.2) is 4.98 Å². The molecule has 0 amide bonds. The Kier molecular flexibility index (Phi) is 4.15. The van der Waals surface area contributed by atoms with Crippen molar-refractivity contribution in [3.8, 4) is 0 Å². The van der Waals surface area contributed by atoms with E-state index in [1.165, 1.54) is 0 Å². The minimum absolute atomic E-state index is 0.117. The van der Waals surface area contributed by atoms with Gasteiger partial charge < -0.3 is 15.3 Å². The number of aliphatic hydroxyl groups is 1. The summed E-state index contributed by atoms with van der Waals surface area (Å²) in [5.74, 6) is 0.135. The summed E-state index contributed by atoms with van der Waals surface area (Å²) >= 11 is 0. The maximum atomic E-state index is 12.4. The average Bonchev–Trinajstić information content (AvgIpc) is 2.71. The Bertz CT molecular complexity index is 583. The van der Waals surface area contributed by atoms with Crippen LogP contribution in [0, 0.1) is 0 Å². The number of anilines is 1. The van der Waals surface area contributed by atoms with E-state index in [1.54, 1.807) is 18.2 Å². The van der Waals surface area contributed by atoms with Crippen LogP contribution in [-0.2, 0) is 6.54 Å². The zero-order chi connectivity index (χ0) is 14.8. The number of aliphatic hydroxyl groups excluding tert-OH is 1. The van der Waals surface area contributed by atoms with Gasteiger partial charge in [-0.3, -0.25) is 4.90 Å². The lowest BCUT2D eigenvalue weighted by molar-refractivity contribution is -0.148. The topological polar surface area (TPSA) is 75.5 Å². The molecular weight excluding hydrogens is 275 g/mol. The van der Waals surface area contributed by atoms with Crippen molar-refractivity contribution in [1.29, 1.82) is 0 Å². The van der Waals surface area contributed by atoms with Gasteiger partial charge in [0.15, 0.2) is 5.58 Å². The number of alkyl halides is 3. The van der Waals surface area contributed by atoms with Gasteiger partial charge in [-0.15, -0.1) is 0 Å². The minimum atomic E-state index is -4.35. The standard InChI is InChI=1S/C12H14F3N3O2/c13-12(14,15)7-18(4-5-19)6-10-17-11-8(16)2-1-3-9(11)20-10/h1-3,19H,4-7,16H2. The molecular formula is C12H14F3N3O2. The summed E-state index contributed by atoms with van der Waals surface area (Å²) in [4.78, 5) is 5.10. The lowest BCUT2D eigenvalue weighted by atomic mass is 10.3. The van der Waals surface area contributed by atoms with E-state index in [0.29, 0.717) is 16.8 Å². The van der Waals surface area contributed by atoms with Crippen molar-refractivity contribution in [1.82, 2.24) is 9.88 Å². The number of hydrogen-bond donors (Lipinski definition) is 2. The average molecular weight is 289 g/mol. The predicted molar refractivity (Wildman–Crippen MR) is 66.8 cm³/mol. The molecule has 0 saturated heterocycles. The SMILES string of the molecule is Nc1cccc2oc(CN(CCO)CC(F)(F)F)nc12. The number of nitrogen functional groups attached to an aromatic ring is 1. The molecule has 8 heteroatoms. The number of fused-ring (bicyclic) bond motifs is 1. The van der Waals surface area contributed by atoms with E-state index in [0.717, 1.165) is 4.90 Å². The van der Waals surface area contributed by atoms with Crippen molar-refractivity contribution in [2.75, 3.05) is 25.4 Å². The fraction of sp³-hybridized carbons (Fsp3) is 0.417. The first-order valence-electron chi connectivity index (χ1n) is 5.93. The van der Waals surface area contributed by atoms with Crippen LogP contribution in [0.1, 0.15) is 5.89 Å². The molecule has 5 nitrogen and oxygen atoms in total. The number of nitrogens with two attached hydrogens (primary N) is 1. The summed E-state index contributed by atoms with van der Waals surface area (Å²) in [6.45, 7) is -1.78. The molecule has 0 aliphatic carbocycles. The number of para-hydroxylation sites is 1. The molecule has 0 atom stereocenters. The summed E-state index contributed by atoms with van der Waals surface area (Å²) in [6.07, 6.45) is -4.35. The van der Waals surface area contributed by atoms with E-state index in [2.05, 4.69) is 4.98 Å². The Morgan fingerprint density at radius 2 is 2.10 bits per heavy atom. The van der Waals surface area contributed by atoms with E-state index in [4.69, 9.17) is 15.3 Å². The van der Waals surface area contributed by atoms with Crippen LogP contribution in [-0.4, -0.2) is 40.9 Å². The Balaban J connectivity index is 2.18. The van der Waals surface area contributed by atoms with Crippen LogP contribution < -0.4 is 5.73 Å². The lowest BCUT2D eigenvalue weighted by Crippen LogP contribution is -2.35. The summed E-state index contributed by atoms with van der Waals surface area (Å²) < 4.78 is 42.6. The molecule has 2 aromatic rings. The Morgan fingerprint density at radius 3 is 2.70 bits per heavy atom. The summed E-state index contributed by atoms with van der Waals surface area (Å²) in [7, 11) is 0. The second-order valence-electron chi connectivity index (χ2n) is 4.35. The van der Waals surface area contributed by atoms with E-state index in [1.807, 2.05) is 0 Å². The molecule has 0 radical (unpaired) electrons. The maximum absolute atomic E-state index is 12.4. The molecule has 0 unspecified atom stereocenters. The molecule has 0 aliphatic rings. The highest BCUT2D eigenvalue weighted by molar-refractivity contribution is 5.85. The van der Waals surface area contributed by atoms with Crippen LogP contribution in [0.2, 0.25) is 0 Å². The molecule has 0 bridgehead atoms. The van der Waals surface area contributed by atoms with Crippen LogP contribution in [0.5, 0.6) is 0 Å². The second kappa shape index (κ2) is 5.68. The number of hydrogen-bond acceptors (Lipinski definition) is 5. The van der Waals surface area contributed by atoms with Crippen molar-refractivity contribution in [2.45, 2.75) is 12.7 Å². The van der Waals surface area contributed by atoms with E-state index in [9.17, 15) is 13.2 Å². The normalized spacial score (nSPS) is 12.4. The third-order valence-electron chi connectivity index (χ3n) is 2.67. The van der Waals surface area contributed by atoms with E-state index >= 15 is 0 Å². The highest BCUT2D eigenvalue weighted by Gasteiger charge is 2.31. The number of aromatic nitrogens is 1. The maximum Gasteiger partial charge on any atom is 0.401 e. The number of nitrogens with zero attached hydrogens (tertiary/aromatic N) is 2. The van der Waals surface area contributed by atoms with Gasteiger partial charge in [0.1, 0.15) is 5.52 Å². The van der Waals surface area contributed by atoms with Gasteiger partial charge in [-0.2, -0.15) is 13.2 Å². The summed E-state index contributed by atoms with van der Waals surface area (Å²) in [6, 6.07) is 4.95. The highest BCUT2D eigenvalue weighted by Crippen LogP contribution is 2.23. The van der Waals surface area contributed by atoms with Crippen molar-refractivity contribution in [2.24, 2.45) is 0 Å². The smallest absolute Gasteiger partial charge is 0.401 e. The van der Waals surface area contributed by atoms with Crippen molar-refractivity contribution >= 4 is 16.8 Å². The van der Waals surface area contributed by atoms with Crippen molar-refractivity contribution in [3.63, 3.8) is 0 Å². The molecule has 0 fully saturated rings. The third-order valence-corrected chi connectivity index (χ3v) is 2.67. The molecule has 0 saturated carbocycles. The monoisotopic (exact) mass is 289 g/mol. The first-order chi connectivity index (χ1) is 9.39. The van der Waals surface area contributed by atoms with Gasteiger partial charge >= 0.3 is 6.18 Å². The fourth-order valence-corrected chi connectivity index (χ4v) is 1.88. The number of rotatable bonds is 5. The Morgan fingerprint density at radius 1 is 1.35 bits per heavy atom. The Hall–Kier alpha value is -1.80. The molecule has 1 heterocycles. The summed E-state index contributed by atoms with van der Waals surface area (Å²) in [5, 5.41) is 8.82. The van der Waals surface area contributed by atoms with Crippen molar-refractivity contribution in [3.05, 3.63) is 24.1 Å². The zero-order valence-corrected chi connectivity index (χ0v) is 10.5. The summed E-state index contributed by atoms with van der Waals surface area (Å²) in [5.41, 5.74) is 6.97. The molecule has 0 spiro atoms. The lowest BCUT2D eigenvalue weighted by Gasteiger charge is -2.20. The minimum Gasteiger partial charge on any atom is -0.439 e. The highest BCUT2D eigenvalue weighted by atomic mass is 19.4. The van der Waals surface area contributed by atoms with Gasteiger partial charge in [-0.1, -0.05) is 6.07 Å². The molecule has 1 aromatic carbocycles. The molecule has 0 aliphatic heterocycles. The Labute approximate surface area is 112 Å². The van der Waals surface area contributed by atoms with Crippen molar-refractivity contribution < 1.29 is 22.7 Å². The van der Waals surface area contributed by atoms with Gasteiger partial charge in [0.2, 0.25) is 5.89 Å². The van der Waals surface area contributed by atoms with Gasteiger partial charge in [0.05, 0.1) is 25.4 Å². The number of benzene rings is 1. The molecule has 3 N–H and O–H groups in total. The predicted octanol–water partition coefficient (Wildman–Crippen LogP) is 1.77.